The molecule has 0 radical (unpaired) electrons. The van der Waals surface area contributed by atoms with Crippen LogP contribution < -0.4 is 0 Å². The molecule has 0 aliphatic carbocycles. The second-order valence-electron chi connectivity index (χ2n) is 4.25. The fourth-order valence-corrected chi connectivity index (χ4v) is 1.81. The molecule has 4 nitrogen and oxygen atoms in total. The van der Waals surface area contributed by atoms with E-state index < -0.39 is 17.7 Å². The van der Waals surface area contributed by atoms with E-state index in [1.807, 2.05) is 30.3 Å². The lowest BCUT2D eigenvalue weighted by molar-refractivity contribution is -0.154. The van der Waals surface area contributed by atoms with Gasteiger partial charge in [-0.05, 0) is 25.8 Å². The van der Waals surface area contributed by atoms with Crippen molar-refractivity contribution < 1.29 is 19.1 Å². The van der Waals surface area contributed by atoms with Gasteiger partial charge in [0, 0.05) is 6.42 Å². The van der Waals surface area contributed by atoms with Gasteiger partial charge < -0.3 is 4.74 Å². The Labute approximate surface area is 112 Å². The maximum absolute atomic E-state index is 12.0. The second kappa shape index (κ2) is 7.46. The van der Waals surface area contributed by atoms with Crippen molar-refractivity contribution >= 4 is 17.5 Å². The molecule has 1 unspecified atom stereocenters. The summed E-state index contributed by atoms with van der Waals surface area (Å²) in [4.78, 5) is 34.9. The van der Waals surface area contributed by atoms with Crippen LogP contribution in [0.2, 0.25) is 0 Å². The number of hydrogen-bond donors (Lipinski definition) is 0. The van der Waals surface area contributed by atoms with Gasteiger partial charge in [0.25, 0.3) is 0 Å². The number of aryl methyl sites for hydroxylation is 1. The van der Waals surface area contributed by atoms with Gasteiger partial charge in [-0.1, -0.05) is 30.3 Å². The van der Waals surface area contributed by atoms with Gasteiger partial charge in [0.2, 0.25) is 0 Å². The van der Waals surface area contributed by atoms with E-state index in [4.69, 9.17) is 4.74 Å². The lowest BCUT2D eigenvalue weighted by Crippen LogP contribution is -2.32. The molecule has 0 spiro atoms. The smallest absolute Gasteiger partial charge is 0.324 e. The van der Waals surface area contributed by atoms with Crippen LogP contribution in [0.25, 0.3) is 0 Å². The average Bonchev–Trinajstić information content (AvgIpc) is 2.37. The van der Waals surface area contributed by atoms with Gasteiger partial charge in [0.15, 0.2) is 17.5 Å². The Morgan fingerprint density at radius 1 is 1.16 bits per heavy atom. The van der Waals surface area contributed by atoms with Crippen molar-refractivity contribution in [3.8, 4) is 0 Å². The molecule has 0 aromatic heterocycles. The van der Waals surface area contributed by atoms with Gasteiger partial charge in [-0.3, -0.25) is 14.4 Å². The van der Waals surface area contributed by atoms with Crippen LogP contribution >= 0.6 is 0 Å². The Morgan fingerprint density at radius 2 is 1.79 bits per heavy atom. The number of ether oxygens (including phenoxy) is 1. The molecular formula is C15H18O4. The quantitative estimate of drug-likeness (QED) is 0.556. The zero-order valence-corrected chi connectivity index (χ0v) is 11.2. The van der Waals surface area contributed by atoms with Crippen molar-refractivity contribution in [2.75, 3.05) is 6.61 Å². The van der Waals surface area contributed by atoms with Gasteiger partial charge >= 0.3 is 5.97 Å². The maximum Gasteiger partial charge on any atom is 0.324 e. The maximum atomic E-state index is 12.0. The summed E-state index contributed by atoms with van der Waals surface area (Å²) < 4.78 is 4.76. The molecule has 102 valence electrons. The average molecular weight is 262 g/mol. The summed E-state index contributed by atoms with van der Waals surface area (Å²) in [5.74, 6) is -2.86. The zero-order valence-electron chi connectivity index (χ0n) is 11.2. The summed E-state index contributed by atoms with van der Waals surface area (Å²) in [6.07, 6.45) is 0.677. The highest BCUT2D eigenvalue weighted by atomic mass is 16.5. The minimum atomic E-state index is -1.27. The van der Waals surface area contributed by atoms with E-state index in [0.29, 0.717) is 6.42 Å². The van der Waals surface area contributed by atoms with Crippen LogP contribution in [-0.2, 0) is 25.5 Å². The number of esters is 1. The molecular weight excluding hydrogens is 244 g/mol. The molecule has 0 heterocycles. The van der Waals surface area contributed by atoms with E-state index in [1.54, 1.807) is 6.92 Å². The molecule has 1 rings (SSSR count). The minimum absolute atomic E-state index is 0.160. The number of rotatable bonds is 7. The van der Waals surface area contributed by atoms with E-state index >= 15 is 0 Å². The first-order valence-electron chi connectivity index (χ1n) is 6.30. The number of ketones is 2. The van der Waals surface area contributed by atoms with Gasteiger partial charge in [-0.2, -0.15) is 0 Å². The molecule has 0 aliphatic heterocycles. The van der Waals surface area contributed by atoms with E-state index in [0.717, 1.165) is 5.56 Å². The Balaban J connectivity index is 2.63. The van der Waals surface area contributed by atoms with Gasteiger partial charge in [-0.15, -0.1) is 0 Å². The number of Topliss-reactive ketones (excluding diaryl/α,β-unsaturated/α-hetero) is 2. The predicted octanol–water partition coefficient (Wildman–Crippen LogP) is 1.96. The Morgan fingerprint density at radius 3 is 2.32 bits per heavy atom. The largest absolute Gasteiger partial charge is 0.465 e. The molecule has 0 fully saturated rings. The van der Waals surface area contributed by atoms with Crippen LogP contribution in [0.15, 0.2) is 30.3 Å². The molecule has 1 atom stereocenters. The number of benzene rings is 1. The summed E-state index contributed by atoms with van der Waals surface area (Å²) in [5.41, 5.74) is 1.00. The molecule has 0 amide bonds. The highest BCUT2D eigenvalue weighted by molar-refractivity contribution is 6.16. The Bertz CT molecular complexity index is 450. The van der Waals surface area contributed by atoms with Crippen LogP contribution in [0.4, 0.5) is 0 Å². The minimum Gasteiger partial charge on any atom is -0.465 e. The molecule has 4 heteroatoms. The van der Waals surface area contributed by atoms with E-state index in [2.05, 4.69) is 0 Å². The molecule has 0 saturated carbocycles. The van der Waals surface area contributed by atoms with E-state index in [-0.39, 0.29) is 18.8 Å². The van der Waals surface area contributed by atoms with Gasteiger partial charge in [0.05, 0.1) is 6.61 Å². The van der Waals surface area contributed by atoms with Crippen molar-refractivity contribution in [2.45, 2.75) is 26.7 Å². The molecule has 1 aromatic carbocycles. The molecule has 0 saturated heterocycles. The molecule has 0 aliphatic rings. The van der Waals surface area contributed by atoms with Crippen molar-refractivity contribution in [3.63, 3.8) is 0 Å². The van der Waals surface area contributed by atoms with E-state index in [1.165, 1.54) is 6.92 Å². The van der Waals surface area contributed by atoms with Crippen LogP contribution in [-0.4, -0.2) is 24.1 Å². The fraction of sp³-hybridized carbons (Fsp3) is 0.400. The third-order valence-electron chi connectivity index (χ3n) is 2.75. The predicted molar refractivity (Wildman–Crippen MR) is 70.6 cm³/mol. The third kappa shape index (κ3) is 4.66. The van der Waals surface area contributed by atoms with Crippen LogP contribution in [0.1, 0.15) is 25.8 Å². The zero-order chi connectivity index (χ0) is 14.3. The third-order valence-corrected chi connectivity index (χ3v) is 2.75. The summed E-state index contributed by atoms with van der Waals surface area (Å²) in [6, 6.07) is 9.46. The van der Waals surface area contributed by atoms with Crippen molar-refractivity contribution in [3.05, 3.63) is 35.9 Å². The van der Waals surface area contributed by atoms with Gasteiger partial charge in [0.1, 0.15) is 0 Å². The Kier molecular flexibility index (Phi) is 5.93. The SMILES string of the molecule is CCOC(=O)C(C(C)=O)C(=O)CCc1ccccc1. The summed E-state index contributed by atoms with van der Waals surface area (Å²) >= 11 is 0. The summed E-state index contributed by atoms with van der Waals surface area (Å²) in [7, 11) is 0. The lowest BCUT2D eigenvalue weighted by atomic mass is 9.95. The first kappa shape index (κ1) is 15.1. The molecule has 1 aromatic rings. The highest BCUT2D eigenvalue weighted by Crippen LogP contribution is 2.10. The highest BCUT2D eigenvalue weighted by Gasteiger charge is 2.31. The number of hydrogen-bond acceptors (Lipinski definition) is 4. The lowest BCUT2D eigenvalue weighted by Gasteiger charge is -2.11. The van der Waals surface area contributed by atoms with Crippen LogP contribution in [0, 0.1) is 5.92 Å². The van der Waals surface area contributed by atoms with E-state index in [9.17, 15) is 14.4 Å². The van der Waals surface area contributed by atoms with Crippen molar-refractivity contribution in [1.29, 1.82) is 0 Å². The molecule has 0 bridgehead atoms. The summed E-state index contributed by atoms with van der Waals surface area (Å²) in [6.45, 7) is 3.04. The second-order valence-corrected chi connectivity index (χ2v) is 4.25. The van der Waals surface area contributed by atoms with Crippen molar-refractivity contribution in [2.24, 2.45) is 5.92 Å². The fourth-order valence-electron chi connectivity index (χ4n) is 1.81. The molecule has 19 heavy (non-hydrogen) atoms. The van der Waals surface area contributed by atoms with Crippen LogP contribution in [0.3, 0.4) is 0 Å². The number of carbonyl (C=O) groups is 3. The van der Waals surface area contributed by atoms with Gasteiger partial charge in [-0.25, -0.2) is 0 Å². The number of carbonyl (C=O) groups excluding carboxylic acids is 3. The monoisotopic (exact) mass is 262 g/mol. The normalized spacial score (nSPS) is 11.7. The van der Waals surface area contributed by atoms with Crippen molar-refractivity contribution in [1.82, 2.24) is 0 Å². The first-order valence-corrected chi connectivity index (χ1v) is 6.30. The Hall–Kier alpha value is -1.97. The molecule has 0 N–H and O–H groups in total. The van der Waals surface area contributed by atoms with Crippen LogP contribution in [0.5, 0.6) is 0 Å². The topological polar surface area (TPSA) is 60.4 Å². The summed E-state index contributed by atoms with van der Waals surface area (Å²) in [5, 5.41) is 0. The standard InChI is InChI=1S/C15H18O4/c1-3-19-15(18)14(11(2)16)13(17)10-9-12-7-5-4-6-8-12/h4-8,14H,3,9-10H2,1-2H3. The first-order chi connectivity index (χ1) is 9.06.